The van der Waals surface area contributed by atoms with E-state index < -0.39 is 18.1 Å². The molecule has 29 heavy (non-hydrogen) atoms. The maximum atomic E-state index is 12.3. The second kappa shape index (κ2) is 9.13. The fourth-order valence-corrected chi connectivity index (χ4v) is 5.69. The molecule has 3 rings (SSSR count). The van der Waals surface area contributed by atoms with Crippen LogP contribution < -0.4 is 5.32 Å². The van der Waals surface area contributed by atoms with Crippen LogP contribution in [0.15, 0.2) is 48.5 Å². The lowest BCUT2D eigenvalue weighted by Crippen LogP contribution is -2.43. The predicted molar refractivity (Wildman–Crippen MR) is 119 cm³/mol. The van der Waals surface area contributed by atoms with Gasteiger partial charge >= 0.3 is 12.1 Å². The van der Waals surface area contributed by atoms with E-state index in [2.05, 4.69) is 38.2 Å². The number of alkyl carbamates (subject to hydrolysis) is 1. The second-order valence-corrected chi connectivity index (χ2v) is 11.0. The van der Waals surface area contributed by atoms with Gasteiger partial charge in [-0.25, -0.2) is 9.59 Å². The topological polar surface area (TPSA) is 75.6 Å². The van der Waals surface area contributed by atoms with E-state index in [1.165, 1.54) is 10.8 Å². The third-order valence-corrected chi connectivity index (χ3v) is 7.83. The number of carboxylic acids is 1. The van der Waals surface area contributed by atoms with Gasteiger partial charge in [0.05, 0.1) is 0 Å². The van der Waals surface area contributed by atoms with Gasteiger partial charge < -0.3 is 15.2 Å². The molecule has 0 heterocycles. The van der Waals surface area contributed by atoms with Gasteiger partial charge in [0.25, 0.3) is 0 Å². The third-order valence-electron chi connectivity index (χ3n) is 4.48. The number of nitrogens with one attached hydrogen (secondary N) is 1. The molecule has 1 atom stereocenters. The zero-order chi connectivity index (χ0) is 21.0. The molecule has 1 amide bonds. The van der Waals surface area contributed by atoms with Crippen molar-refractivity contribution in [2.45, 2.75) is 37.5 Å². The van der Waals surface area contributed by atoms with E-state index in [1.807, 2.05) is 36.4 Å². The highest BCUT2D eigenvalue weighted by Crippen LogP contribution is 2.44. The first kappa shape index (κ1) is 21.6. The molecule has 1 aliphatic rings. The minimum Gasteiger partial charge on any atom is -0.480 e. The summed E-state index contributed by atoms with van der Waals surface area (Å²) in [5.41, 5.74) is 4.54. The molecule has 0 aliphatic heterocycles. The van der Waals surface area contributed by atoms with Gasteiger partial charge in [-0.2, -0.15) is 0 Å². The third kappa shape index (κ3) is 5.48. The summed E-state index contributed by atoms with van der Waals surface area (Å²) in [5, 5.41) is 11.9. The molecule has 0 spiro atoms. The number of hydrogen-bond acceptors (Lipinski definition) is 5. The zero-order valence-electron chi connectivity index (χ0n) is 16.7. The van der Waals surface area contributed by atoms with Crippen molar-refractivity contribution in [2.75, 3.05) is 12.4 Å². The molecule has 2 N–H and O–H groups in total. The van der Waals surface area contributed by atoms with Crippen molar-refractivity contribution < 1.29 is 19.4 Å². The van der Waals surface area contributed by atoms with E-state index >= 15 is 0 Å². The molecule has 0 fully saturated rings. The van der Waals surface area contributed by atoms with E-state index in [-0.39, 0.29) is 23.0 Å². The molecule has 0 radical (unpaired) electrons. The summed E-state index contributed by atoms with van der Waals surface area (Å²) in [4.78, 5) is 23.8. The van der Waals surface area contributed by atoms with E-state index in [0.29, 0.717) is 0 Å². The molecule has 154 valence electrons. The van der Waals surface area contributed by atoms with Gasteiger partial charge in [0, 0.05) is 16.4 Å². The Labute approximate surface area is 179 Å². The molecule has 0 aromatic heterocycles. The van der Waals surface area contributed by atoms with Crippen molar-refractivity contribution in [2.24, 2.45) is 0 Å². The molecule has 0 unspecified atom stereocenters. The number of carbonyl (C=O) groups excluding carboxylic acids is 1. The minimum atomic E-state index is -1.07. The highest BCUT2D eigenvalue weighted by atomic mass is 33.1. The summed E-state index contributed by atoms with van der Waals surface area (Å²) in [6, 6.07) is 15.2. The summed E-state index contributed by atoms with van der Waals surface area (Å²) < 4.78 is 5.45. The van der Waals surface area contributed by atoms with Crippen molar-refractivity contribution in [3.63, 3.8) is 0 Å². The first-order valence-corrected chi connectivity index (χ1v) is 11.7. The van der Waals surface area contributed by atoms with Gasteiger partial charge in [-0.05, 0) is 22.3 Å². The van der Waals surface area contributed by atoms with Gasteiger partial charge in [0.15, 0.2) is 0 Å². The van der Waals surface area contributed by atoms with Gasteiger partial charge in [0.1, 0.15) is 12.6 Å². The standard InChI is InChI=1S/C22H25NO4S2/c1-22(2,3)29-28-13-19(20(24)25)23-21(26)27-12-18-16-10-6-4-8-14(16)15-9-5-7-11-17(15)18/h4-11,18-19H,12-13H2,1-3H3,(H,23,26)(H,24,25)/t19-/m0/s1. The summed E-state index contributed by atoms with van der Waals surface area (Å²) in [6.45, 7) is 6.33. The molecule has 1 aliphatic carbocycles. The quantitative estimate of drug-likeness (QED) is 0.590. The van der Waals surface area contributed by atoms with E-state index in [1.54, 1.807) is 10.8 Å². The lowest BCUT2D eigenvalue weighted by atomic mass is 9.98. The molecule has 0 saturated carbocycles. The van der Waals surface area contributed by atoms with Gasteiger partial charge in [-0.1, -0.05) is 90.9 Å². The highest BCUT2D eigenvalue weighted by molar-refractivity contribution is 8.77. The van der Waals surface area contributed by atoms with Crippen LogP contribution in [0.4, 0.5) is 4.79 Å². The van der Waals surface area contributed by atoms with Crippen LogP contribution >= 0.6 is 21.6 Å². The number of aliphatic carboxylic acids is 1. The van der Waals surface area contributed by atoms with E-state index in [9.17, 15) is 14.7 Å². The SMILES string of the molecule is CC(C)(C)SSC[C@H](NC(=O)OCC1c2ccccc2-c2ccccc21)C(=O)O. The Morgan fingerprint density at radius 3 is 2.14 bits per heavy atom. The summed E-state index contributed by atoms with van der Waals surface area (Å²) in [5.74, 6) is -0.857. The monoisotopic (exact) mass is 431 g/mol. The predicted octanol–water partition coefficient (Wildman–Crippen LogP) is 5.16. The van der Waals surface area contributed by atoms with E-state index in [4.69, 9.17) is 4.74 Å². The van der Waals surface area contributed by atoms with Crippen molar-refractivity contribution >= 4 is 33.7 Å². The lowest BCUT2D eigenvalue weighted by Gasteiger charge is -2.19. The van der Waals surface area contributed by atoms with Crippen LogP contribution in [0.3, 0.4) is 0 Å². The van der Waals surface area contributed by atoms with Gasteiger partial charge in [-0.15, -0.1) is 0 Å². The molecule has 5 nitrogen and oxygen atoms in total. The second-order valence-electron chi connectivity index (χ2n) is 7.84. The minimum absolute atomic E-state index is 0.0114. The Bertz CT molecular complexity index is 849. The van der Waals surface area contributed by atoms with Crippen LogP contribution in [0.2, 0.25) is 0 Å². The number of hydrogen-bond donors (Lipinski definition) is 2. The fourth-order valence-electron chi connectivity index (χ4n) is 3.24. The van der Waals surface area contributed by atoms with Crippen molar-refractivity contribution in [1.29, 1.82) is 0 Å². The number of amides is 1. The van der Waals surface area contributed by atoms with Crippen LogP contribution in [0.1, 0.15) is 37.8 Å². The maximum Gasteiger partial charge on any atom is 0.407 e. The normalized spacial score (nSPS) is 14.0. The number of fused-ring (bicyclic) bond motifs is 3. The Morgan fingerprint density at radius 1 is 1.07 bits per heavy atom. The first-order chi connectivity index (χ1) is 13.8. The number of carbonyl (C=O) groups is 2. The molecule has 7 heteroatoms. The smallest absolute Gasteiger partial charge is 0.407 e. The van der Waals surface area contributed by atoms with Crippen LogP contribution in [-0.4, -0.2) is 40.3 Å². The summed E-state index contributed by atoms with van der Waals surface area (Å²) in [7, 11) is 3.01. The van der Waals surface area contributed by atoms with Crippen molar-refractivity contribution in [3.05, 3.63) is 59.7 Å². The largest absolute Gasteiger partial charge is 0.480 e. The van der Waals surface area contributed by atoms with Crippen molar-refractivity contribution in [3.8, 4) is 11.1 Å². The Hall–Kier alpha value is -2.12. The number of carboxylic acid groups (broad SMARTS) is 1. The molecule has 0 bridgehead atoms. The van der Waals surface area contributed by atoms with Crippen molar-refractivity contribution in [1.82, 2.24) is 5.32 Å². The average Bonchev–Trinajstić information content (AvgIpc) is 2.98. The molecule has 2 aromatic carbocycles. The number of rotatable bonds is 7. The fraction of sp³-hybridized carbons (Fsp3) is 0.364. The molecular formula is C22H25NO4S2. The molecule has 0 saturated heterocycles. The Kier molecular flexibility index (Phi) is 6.80. The number of ether oxygens (including phenoxy) is 1. The molecular weight excluding hydrogens is 406 g/mol. The maximum absolute atomic E-state index is 12.3. The van der Waals surface area contributed by atoms with Gasteiger partial charge in [-0.3, -0.25) is 0 Å². The first-order valence-electron chi connectivity index (χ1n) is 9.41. The zero-order valence-corrected chi connectivity index (χ0v) is 18.3. The van der Waals surface area contributed by atoms with Crippen LogP contribution in [0, 0.1) is 0 Å². The van der Waals surface area contributed by atoms with E-state index in [0.717, 1.165) is 22.3 Å². The molecule has 2 aromatic rings. The lowest BCUT2D eigenvalue weighted by molar-refractivity contribution is -0.138. The van der Waals surface area contributed by atoms with Crippen LogP contribution in [0.25, 0.3) is 11.1 Å². The van der Waals surface area contributed by atoms with Crippen LogP contribution in [-0.2, 0) is 9.53 Å². The van der Waals surface area contributed by atoms with Gasteiger partial charge in [0.2, 0.25) is 0 Å². The highest BCUT2D eigenvalue weighted by Gasteiger charge is 2.29. The summed E-state index contributed by atoms with van der Waals surface area (Å²) >= 11 is 0. The summed E-state index contributed by atoms with van der Waals surface area (Å²) in [6.07, 6.45) is -0.708. The Balaban J connectivity index is 1.61. The Morgan fingerprint density at radius 2 is 1.62 bits per heavy atom. The number of benzene rings is 2. The average molecular weight is 432 g/mol. The van der Waals surface area contributed by atoms with Crippen LogP contribution in [0.5, 0.6) is 0 Å².